The molecule has 19 heavy (non-hydrogen) atoms. The fourth-order valence-corrected chi connectivity index (χ4v) is 1.79. The number of nitrogens with zero attached hydrogens (tertiary/aromatic N) is 1. The van der Waals surface area contributed by atoms with E-state index in [9.17, 15) is 19.1 Å². The highest BCUT2D eigenvalue weighted by atomic mass is 19.1. The van der Waals surface area contributed by atoms with Crippen LogP contribution in [0.15, 0.2) is 12.3 Å². The third-order valence-electron chi connectivity index (χ3n) is 2.93. The Morgan fingerprint density at radius 1 is 1.63 bits per heavy atom. The third-order valence-corrected chi connectivity index (χ3v) is 2.93. The van der Waals surface area contributed by atoms with Crippen molar-refractivity contribution in [3.05, 3.63) is 12.3 Å². The maximum atomic E-state index is 14.3. The largest absolute Gasteiger partial charge is 0.394 e. The quantitative estimate of drug-likeness (QED) is 0.420. The van der Waals surface area contributed by atoms with Gasteiger partial charge in [-0.1, -0.05) is 0 Å². The highest BCUT2D eigenvalue weighted by molar-refractivity contribution is 5.87. The SMILES string of the molecule is CNC(=O)/C=C\N(C=O)C1OC(CO)C(O)C1(C)F. The van der Waals surface area contributed by atoms with Crippen LogP contribution in [0.1, 0.15) is 6.92 Å². The first-order chi connectivity index (χ1) is 8.88. The summed E-state index contributed by atoms with van der Waals surface area (Å²) in [6.07, 6.45) is -1.78. The van der Waals surface area contributed by atoms with Gasteiger partial charge in [-0.2, -0.15) is 0 Å². The maximum absolute atomic E-state index is 14.3. The number of aliphatic hydroxyl groups is 2. The summed E-state index contributed by atoms with van der Waals surface area (Å²) in [5.74, 6) is -0.482. The smallest absolute Gasteiger partial charge is 0.245 e. The van der Waals surface area contributed by atoms with E-state index >= 15 is 0 Å². The van der Waals surface area contributed by atoms with E-state index in [0.29, 0.717) is 0 Å². The molecule has 0 spiro atoms. The lowest BCUT2D eigenvalue weighted by atomic mass is 9.98. The van der Waals surface area contributed by atoms with Crippen molar-refractivity contribution in [3.63, 3.8) is 0 Å². The maximum Gasteiger partial charge on any atom is 0.245 e. The van der Waals surface area contributed by atoms with Crippen molar-refractivity contribution in [1.29, 1.82) is 0 Å². The van der Waals surface area contributed by atoms with Gasteiger partial charge in [0.05, 0.1) is 6.61 Å². The molecule has 0 aromatic carbocycles. The normalized spacial score (nSPS) is 34.5. The molecule has 0 saturated carbocycles. The zero-order valence-corrected chi connectivity index (χ0v) is 10.6. The molecule has 1 rings (SSSR count). The summed E-state index contributed by atoms with van der Waals surface area (Å²) in [5.41, 5.74) is -2.26. The Hall–Kier alpha value is -1.51. The van der Waals surface area contributed by atoms with Gasteiger partial charge in [-0.25, -0.2) is 4.39 Å². The molecule has 4 unspecified atom stereocenters. The van der Waals surface area contributed by atoms with Gasteiger partial charge in [0.1, 0.15) is 12.2 Å². The average Bonchev–Trinajstić information content (AvgIpc) is 2.62. The topological polar surface area (TPSA) is 99.1 Å². The van der Waals surface area contributed by atoms with Gasteiger partial charge in [0.15, 0.2) is 11.9 Å². The van der Waals surface area contributed by atoms with Crippen molar-refractivity contribution in [1.82, 2.24) is 10.2 Å². The number of likely N-dealkylation sites (N-methyl/N-ethyl adjacent to an activating group) is 1. The van der Waals surface area contributed by atoms with E-state index in [2.05, 4.69) is 5.32 Å². The second-order valence-electron chi connectivity index (χ2n) is 4.29. The summed E-state index contributed by atoms with van der Waals surface area (Å²) in [7, 11) is 1.40. The molecule has 1 aliphatic heterocycles. The number of rotatable bonds is 5. The van der Waals surface area contributed by atoms with Gasteiger partial charge < -0.3 is 20.3 Å². The van der Waals surface area contributed by atoms with E-state index in [1.165, 1.54) is 7.05 Å². The predicted molar refractivity (Wildman–Crippen MR) is 62.4 cm³/mol. The Labute approximate surface area is 109 Å². The Morgan fingerprint density at radius 2 is 2.26 bits per heavy atom. The van der Waals surface area contributed by atoms with Crippen LogP contribution in [0.25, 0.3) is 0 Å². The molecule has 1 aliphatic rings. The van der Waals surface area contributed by atoms with E-state index in [0.717, 1.165) is 24.1 Å². The first kappa shape index (κ1) is 15.5. The average molecular weight is 276 g/mol. The molecule has 1 saturated heterocycles. The number of hydrogen-bond donors (Lipinski definition) is 3. The van der Waals surface area contributed by atoms with Gasteiger partial charge in [0.25, 0.3) is 0 Å². The minimum atomic E-state index is -2.26. The number of amides is 2. The van der Waals surface area contributed by atoms with Crippen LogP contribution < -0.4 is 5.32 Å². The van der Waals surface area contributed by atoms with Crippen molar-refractivity contribution in [2.75, 3.05) is 13.7 Å². The van der Waals surface area contributed by atoms with Crippen molar-refractivity contribution in [2.24, 2.45) is 0 Å². The summed E-state index contributed by atoms with van der Waals surface area (Å²) >= 11 is 0. The minimum Gasteiger partial charge on any atom is -0.394 e. The van der Waals surface area contributed by atoms with Gasteiger partial charge >= 0.3 is 0 Å². The van der Waals surface area contributed by atoms with Crippen molar-refractivity contribution in [2.45, 2.75) is 31.0 Å². The van der Waals surface area contributed by atoms with Crippen LogP contribution in [-0.2, 0) is 14.3 Å². The second kappa shape index (κ2) is 6.09. The number of hydrogen-bond acceptors (Lipinski definition) is 5. The number of nitrogens with one attached hydrogen (secondary N) is 1. The van der Waals surface area contributed by atoms with Crippen molar-refractivity contribution < 1.29 is 28.9 Å². The fraction of sp³-hybridized carbons (Fsp3) is 0.636. The van der Waals surface area contributed by atoms with Crippen LogP contribution in [0.5, 0.6) is 0 Å². The predicted octanol–water partition coefficient (Wildman–Crippen LogP) is -1.49. The third kappa shape index (κ3) is 3.09. The second-order valence-corrected chi connectivity index (χ2v) is 4.29. The van der Waals surface area contributed by atoms with E-state index in [1.807, 2.05) is 0 Å². The summed E-state index contributed by atoms with van der Waals surface area (Å²) in [5, 5.41) is 20.9. The van der Waals surface area contributed by atoms with E-state index < -0.39 is 36.6 Å². The number of alkyl halides is 1. The van der Waals surface area contributed by atoms with Crippen LogP contribution in [0.4, 0.5) is 4.39 Å². The molecule has 8 heteroatoms. The number of halogens is 1. The molecule has 1 heterocycles. The molecule has 0 bridgehead atoms. The summed E-state index contributed by atoms with van der Waals surface area (Å²) in [6.45, 7) is 0.477. The molecule has 3 N–H and O–H groups in total. The first-order valence-corrected chi connectivity index (χ1v) is 5.64. The highest BCUT2D eigenvalue weighted by Gasteiger charge is 2.55. The lowest BCUT2D eigenvalue weighted by Gasteiger charge is -2.29. The number of ether oxygens (including phenoxy) is 1. The zero-order valence-electron chi connectivity index (χ0n) is 10.6. The number of aliphatic hydroxyl groups excluding tert-OH is 2. The fourth-order valence-electron chi connectivity index (χ4n) is 1.79. The Balaban J connectivity index is 2.90. The summed E-state index contributed by atoms with van der Waals surface area (Å²) in [4.78, 5) is 22.7. The first-order valence-electron chi connectivity index (χ1n) is 5.64. The zero-order chi connectivity index (χ0) is 14.6. The number of carbonyl (C=O) groups excluding carboxylic acids is 2. The molecule has 7 nitrogen and oxygen atoms in total. The molecule has 0 aromatic heterocycles. The standard InChI is InChI=1S/C11H17FN2O5/c1-11(12)9(18)7(5-15)19-10(11)14(6-16)4-3-8(17)13-2/h3-4,6-7,9-10,15,18H,5H2,1-2H3,(H,13,17)/b4-3-. The van der Waals surface area contributed by atoms with Gasteiger partial charge in [0.2, 0.25) is 12.3 Å². The van der Waals surface area contributed by atoms with Crippen LogP contribution in [0, 0.1) is 0 Å². The van der Waals surface area contributed by atoms with Gasteiger partial charge in [-0.3, -0.25) is 14.5 Å². The molecule has 4 atom stereocenters. The number of carbonyl (C=O) groups is 2. The molecule has 1 fully saturated rings. The lowest BCUT2D eigenvalue weighted by molar-refractivity contribution is -0.135. The summed E-state index contributed by atoms with van der Waals surface area (Å²) in [6, 6.07) is 0. The van der Waals surface area contributed by atoms with Crippen LogP contribution in [0.3, 0.4) is 0 Å². The Morgan fingerprint density at radius 3 is 2.68 bits per heavy atom. The highest BCUT2D eigenvalue weighted by Crippen LogP contribution is 2.35. The Bertz CT molecular complexity index is 374. The van der Waals surface area contributed by atoms with Gasteiger partial charge in [-0.05, 0) is 6.92 Å². The van der Waals surface area contributed by atoms with Crippen LogP contribution >= 0.6 is 0 Å². The van der Waals surface area contributed by atoms with Crippen molar-refractivity contribution >= 4 is 12.3 Å². The van der Waals surface area contributed by atoms with Crippen LogP contribution in [0.2, 0.25) is 0 Å². The molecule has 0 aromatic rings. The molecular formula is C11H17FN2O5. The monoisotopic (exact) mass is 276 g/mol. The van der Waals surface area contributed by atoms with E-state index in [1.54, 1.807) is 0 Å². The lowest BCUT2D eigenvalue weighted by Crippen LogP contribution is -2.48. The van der Waals surface area contributed by atoms with Gasteiger partial charge in [0, 0.05) is 19.3 Å². The molecule has 0 aliphatic carbocycles. The minimum absolute atomic E-state index is 0.272. The van der Waals surface area contributed by atoms with E-state index in [-0.39, 0.29) is 6.41 Å². The molecule has 0 radical (unpaired) electrons. The summed E-state index contributed by atoms with van der Waals surface area (Å²) < 4.78 is 19.4. The Kier molecular flexibility index (Phi) is 4.98. The molecular weight excluding hydrogens is 259 g/mol. The van der Waals surface area contributed by atoms with Gasteiger partial charge in [-0.15, -0.1) is 0 Å². The van der Waals surface area contributed by atoms with E-state index in [4.69, 9.17) is 9.84 Å². The molecule has 108 valence electrons. The molecule has 2 amide bonds. The van der Waals surface area contributed by atoms with Crippen LogP contribution in [-0.4, -0.2) is 65.2 Å². The van der Waals surface area contributed by atoms with Crippen molar-refractivity contribution in [3.8, 4) is 0 Å².